The Labute approximate surface area is 132 Å². The molecule has 0 spiro atoms. The highest BCUT2D eigenvalue weighted by Gasteiger charge is 2.21. The molecular formula is C17H14NO5-. The number of ether oxygens (including phenoxy) is 2. The highest BCUT2D eigenvalue weighted by Crippen LogP contribution is 2.30. The van der Waals surface area contributed by atoms with Crippen molar-refractivity contribution >= 4 is 11.9 Å². The first kappa shape index (κ1) is 14.9. The molecule has 2 aromatic carbocycles. The number of para-hydroxylation sites is 2. The molecule has 0 fully saturated rings. The third kappa shape index (κ3) is 3.26. The molecule has 1 aliphatic heterocycles. The molecule has 1 heterocycles. The summed E-state index contributed by atoms with van der Waals surface area (Å²) in [5.41, 5.74) is -0.0826. The fourth-order valence-corrected chi connectivity index (χ4v) is 2.32. The molecule has 1 unspecified atom stereocenters. The Morgan fingerprint density at radius 3 is 2.43 bits per heavy atom. The van der Waals surface area contributed by atoms with Gasteiger partial charge in [-0.2, -0.15) is 0 Å². The summed E-state index contributed by atoms with van der Waals surface area (Å²) in [7, 11) is 0. The molecule has 118 valence electrons. The average Bonchev–Trinajstić information content (AvgIpc) is 2.59. The lowest BCUT2D eigenvalue weighted by atomic mass is 10.1. The SMILES string of the molecule is O=C([O-])c1ccccc1C(=O)NCC1COc2ccccc2O1. The Hall–Kier alpha value is -3.02. The zero-order valence-electron chi connectivity index (χ0n) is 12.2. The van der Waals surface area contributed by atoms with E-state index in [-0.39, 0.29) is 23.8 Å². The number of aromatic carboxylic acids is 1. The minimum Gasteiger partial charge on any atom is -0.545 e. The van der Waals surface area contributed by atoms with Crippen molar-refractivity contribution in [3.05, 3.63) is 59.7 Å². The predicted molar refractivity (Wildman–Crippen MR) is 79.5 cm³/mol. The maximum absolute atomic E-state index is 12.2. The maximum atomic E-state index is 12.2. The third-order valence-electron chi connectivity index (χ3n) is 3.45. The standard InChI is InChI=1S/C17H15NO5/c19-16(12-5-1-2-6-13(12)17(20)21)18-9-11-10-22-14-7-3-4-8-15(14)23-11/h1-8,11H,9-10H2,(H,18,19)(H,20,21)/p-1. The van der Waals surface area contributed by atoms with Crippen molar-refractivity contribution in [1.29, 1.82) is 0 Å². The fourth-order valence-electron chi connectivity index (χ4n) is 2.32. The topological polar surface area (TPSA) is 87.7 Å². The van der Waals surface area contributed by atoms with Crippen molar-refractivity contribution in [3.63, 3.8) is 0 Å². The highest BCUT2D eigenvalue weighted by molar-refractivity contribution is 6.04. The molecular weight excluding hydrogens is 298 g/mol. The number of carbonyl (C=O) groups is 2. The number of hydrogen-bond donors (Lipinski definition) is 1. The number of amides is 1. The van der Waals surface area contributed by atoms with E-state index in [1.807, 2.05) is 12.1 Å². The summed E-state index contributed by atoms with van der Waals surface area (Å²) in [6.07, 6.45) is -0.344. The molecule has 0 aromatic heterocycles. The van der Waals surface area contributed by atoms with Gasteiger partial charge in [0.15, 0.2) is 11.5 Å². The number of benzene rings is 2. The summed E-state index contributed by atoms with van der Waals surface area (Å²) in [6, 6.07) is 13.2. The summed E-state index contributed by atoms with van der Waals surface area (Å²) in [6.45, 7) is 0.508. The normalized spacial score (nSPS) is 15.7. The van der Waals surface area contributed by atoms with Crippen molar-refractivity contribution < 1.29 is 24.2 Å². The first-order chi connectivity index (χ1) is 11.1. The van der Waals surface area contributed by atoms with E-state index < -0.39 is 11.9 Å². The summed E-state index contributed by atoms with van der Waals surface area (Å²) in [5, 5.41) is 13.7. The lowest BCUT2D eigenvalue weighted by molar-refractivity contribution is -0.255. The lowest BCUT2D eigenvalue weighted by Crippen LogP contribution is -2.41. The van der Waals surface area contributed by atoms with Gasteiger partial charge < -0.3 is 24.7 Å². The number of carboxylic acids is 1. The molecule has 1 amide bonds. The summed E-state index contributed by atoms with van der Waals surface area (Å²) in [5.74, 6) is -0.598. The highest BCUT2D eigenvalue weighted by atomic mass is 16.6. The van der Waals surface area contributed by atoms with Gasteiger partial charge >= 0.3 is 0 Å². The molecule has 23 heavy (non-hydrogen) atoms. The molecule has 0 radical (unpaired) electrons. The number of fused-ring (bicyclic) bond motifs is 1. The number of hydrogen-bond acceptors (Lipinski definition) is 5. The molecule has 0 saturated heterocycles. The van der Waals surface area contributed by atoms with E-state index in [1.165, 1.54) is 18.2 Å². The van der Waals surface area contributed by atoms with E-state index in [0.717, 1.165) is 0 Å². The van der Waals surface area contributed by atoms with Crippen LogP contribution in [0.15, 0.2) is 48.5 Å². The molecule has 0 saturated carbocycles. The minimum atomic E-state index is -1.39. The quantitative estimate of drug-likeness (QED) is 0.894. The Bertz CT molecular complexity index is 743. The first-order valence-electron chi connectivity index (χ1n) is 7.12. The first-order valence-corrected chi connectivity index (χ1v) is 7.12. The second-order valence-corrected chi connectivity index (χ2v) is 5.04. The second kappa shape index (κ2) is 6.39. The van der Waals surface area contributed by atoms with Crippen LogP contribution in [0, 0.1) is 0 Å². The Kier molecular flexibility index (Phi) is 4.14. The third-order valence-corrected chi connectivity index (χ3v) is 3.45. The van der Waals surface area contributed by atoms with Gasteiger partial charge in [0.1, 0.15) is 12.7 Å². The van der Waals surface area contributed by atoms with Crippen LogP contribution in [0.3, 0.4) is 0 Å². The van der Waals surface area contributed by atoms with E-state index in [0.29, 0.717) is 18.1 Å². The molecule has 6 heteroatoms. The van der Waals surface area contributed by atoms with Gasteiger partial charge in [-0.1, -0.05) is 30.3 Å². The number of rotatable bonds is 4. The lowest BCUT2D eigenvalue weighted by Gasteiger charge is -2.26. The zero-order chi connectivity index (χ0) is 16.2. The largest absolute Gasteiger partial charge is 0.545 e. The second-order valence-electron chi connectivity index (χ2n) is 5.04. The molecule has 0 bridgehead atoms. The molecule has 6 nitrogen and oxygen atoms in total. The van der Waals surface area contributed by atoms with E-state index in [2.05, 4.69) is 5.32 Å². The molecule has 1 aliphatic rings. The average molecular weight is 312 g/mol. The predicted octanol–water partition coefficient (Wildman–Crippen LogP) is 0.620. The Balaban J connectivity index is 1.63. The van der Waals surface area contributed by atoms with Crippen LogP contribution in [0.4, 0.5) is 0 Å². The van der Waals surface area contributed by atoms with Crippen LogP contribution < -0.4 is 19.9 Å². The van der Waals surface area contributed by atoms with Crippen LogP contribution in [0.1, 0.15) is 20.7 Å². The Morgan fingerprint density at radius 2 is 1.70 bits per heavy atom. The van der Waals surface area contributed by atoms with Crippen molar-refractivity contribution in [2.45, 2.75) is 6.10 Å². The molecule has 1 N–H and O–H groups in total. The number of carboxylic acid groups (broad SMARTS) is 1. The fraction of sp³-hybridized carbons (Fsp3) is 0.176. The summed E-state index contributed by atoms with van der Waals surface area (Å²) < 4.78 is 11.3. The smallest absolute Gasteiger partial charge is 0.252 e. The molecule has 0 aliphatic carbocycles. The summed E-state index contributed by atoms with van der Waals surface area (Å²) >= 11 is 0. The van der Waals surface area contributed by atoms with Gasteiger partial charge in [-0.25, -0.2) is 0 Å². The van der Waals surface area contributed by atoms with Gasteiger partial charge in [0.25, 0.3) is 5.91 Å². The zero-order valence-corrected chi connectivity index (χ0v) is 12.2. The van der Waals surface area contributed by atoms with Crippen molar-refractivity contribution in [2.75, 3.05) is 13.2 Å². The van der Waals surface area contributed by atoms with Crippen LogP contribution in [0.2, 0.25) is 0 Å². The van der Waals surface area contributed by atoms with Crippen LogP contribution in [0.5, 0.6) is 11.5 Å². The van der Waals surface area contributed by atoms with Crippen LogP contribution in [0.25, 0.3) is 0 Å². The van der Waals surface area contributed by atoms with Gasteiger partial charge in [-0.05, 0) is 18.2 Å². The minimum absolute atomic E-state index is 0.0598. The number of nitrogens with one attached hydrogen (secondary N) is 1. The van der Waals surface area contributed by atoms with Crippen LogP contribution in [-0.2, 0) is 0 Å². The van der Waals surface area contributed by atoms with E-state index in [4.69, 9.17) is 9.47 Å². The van der Waals surface area contributed by atoms with E-state index in [1.54, 1.807) is 18.2 Å². The number of carbonyl (C=O) groups excluding carboxylic acids is 2. The summed E-state index contributed by atoms with van der Waals surface area (Å²) in [4.78, 5) is 23.2. The van der Waals surface area contributed by atoms with Crippen LogP contribution in [-0.4, -0.2) is 31.1 Å². The molecule has 2 aromatic rings. The maximum Gasteiger partial charge on any atom is 0.252 e. The monoisotopic (exact) mass is 312 g/mol. The van der Waals surface area contributed by atoms with Crippen molar-refractivity contribution in [2.24, 2.45) is 0 Å². The van der Waals surface area contributed by atoms with Crippen molar-refractivity contribution in [1.82, 2.24) is 5.32 Å². The van der Waals surface area contributed by atoms with Crippen molar-refractivity contribution in [3.8, 4) is 11.5 Å². The van der Waals surface area contributed by atoms with Gasteiger partial charge in [-0.15, -0.1) is 0 Å². The van der Waals surface area contributed by atoms with E-state index >= 15 is 0 Å². The Morgan fingerprint density at radius 1 is 1.04 bits per heavy atom. The molecule has 3 rings (SSSR count). The van der Waals surface area contributed by atoms with Gasteiger partial charge in [0, 0.05) is 11.1 Å². The van der Waals surface area contributed by atoms with E-state index in [9.17, 15) is 14.7 Å². The molecule has 1 atom stereocenters. The van der Waals surface area contributed by atoms with Gasteiger partial charge in [0.05, 0.1) is 12.5 Å². The van der Waals surface area contributed by atoms with Gasteiger partial charge in [0.2, 0.25) is 0 Å². The van der Waals surface area contributed by atoms with Gasteiger partial charge in [-0.3, -0.25) is 4.79 Å². The van der Waals surface area contributed by atoms with Crippen LogP contribution >= 0.6 is 0 Å².